The zero-order chi connectivity index (χ0) is 23.9. The van der Waals surface area contributed by atoms with Gasteiger partial charge in [-0.3, -0.25) is 9.78 Å². The second kappa shape index (κ2) is 8.51. The van der Waals surface area contributed by atoms with E-state index in [1.54, 1.807) is 4.90 Å². The van der Waals surface area contributed by atoms with E-state index in [4.69, 9.17) is 5.73 Å². The molecule has 176 valence electrons. The van der Waals surface area contributed by atoms with Crippen LogP contribution in [0.4, 0.5) is 26.0 Å². The van der Waals surface area contributed by atoms with E-state index >= 15 is 0 Å². The number of nitrogens with zero attached hydrogens (tertiary/aromatic N) is 6. The van der Waals surface area contributed by atoms with Gasteiger partial charge in [-0.05, 0) is 12.8 Å². The molecule has 1 aliphatic heterocycles. The number of sulfonamides is 1. The van der Waals surface area contributed by atoms with Crippen LogP contribution in [0.25, 0.3) is 5.65 Å². The molecule has 0 unspecified atom stereocenters. The van der Waals surface area contributed by atoms with Crippen LogP contribution in [-0.4, -0.2) is 70.6 Å². The summed E-state index contributed by atoms with van der Waals surface area (Å²) in [5.41, 5.74) is 5.94. The van der Waals surface area contributed by atoms with Crippen molar-refractivity contribution in [3.8, 4) is 0 Å². The lowest BCUT2D eigenvalue weighted by Gasteiger charge is -2.35. The summed E-state index contributed by atoms with van der Waals surface area (Å²) in [5.74, 6) is -2.23. The maximum atomic E-state index is 14.8. The summed E-state index contributed by atoms with van der Waals surface area (Å²) in [6.45, 7) is 0.530. The lowest BCUT2D eigenvalue weighted by atomic mass is 10.1. The van der Waals surface area contributed by atoms with Crippen molar-refractivity contribution in [2.75, 3.05) is 43.1 Å². The zero-order valence-electron chi connectivity index (χ0n) is 17.9. The van der Waals surface area contributed by atoms with Crippen LogP contribution in [0.3, 0.4) is 0 Å². The van der Waals surface area contributed by atoms with Gasteiger partial charge in [0.2, 0.25) is 10.0 Å². The number of piperidine rings is 1. The van der Waals surface area contributed by atoms with Crippen LogP contribution in [0.2, 0.25) is 0 Å². The maximum Gasteiger partial charge on any atom is 0.263 e. The van der Waals surface area contributed by atoms with Gasteiger partial charge in [-0.15, -0.1) is 5.10 Å². The molecule has 1 aliphatic rings. The molecule has 0 aliphatic carbocycles. The lowest BCUT2D eigenvalue weighted by Crippen LogP contribution is -2.43. The molecule has 4 rings (SSSR count). The van der Waals surface area contributed by atoms with Gasteiger partial charge in [0.15, 0.2) is 23.1 Å². The quantitative estimate of drug-likeness (QED) is 0.554. The lowest BCUT2D eigenvalue weighted by molar-refractivity contribution is 0.102. The SMILES string of the molecule is CN(C)S(=O)(=O)C1CCN(c2c(F)cncc2NC(=O)c2c(N)nn3cc(F)cnc23)CC1. The Morgan fingerprint density at radius 2 is 1.91 bits per heavy atom. The van der Waals surface area contributed by atoms with Crippen molar-refractivity contribution in [1.82, 2.24) is 23.9 Å². The number of nitrogen functional groups attached to an aromatic ring is 1. The van der Waals surface area contributed by atoms with Crippen molar-refractivity contribution in [3.05, 3.63) is 42.0 Å². The van der Waals surface area contributed by atoms with Gasteiger partial charge < -0.3 is 16.0 Å². The molecule has 0 spiro atoms. The molecular weight excluding hydrogens is 458 g/mol. The molecule has 33 heavy (non-hydrogen) atoms. The predicted octanol–water partition coefficient (Wildman–Crippen LogP) is 1.10. The summed E-state index contributed by atoms with van der Waals surface area (Å²) in [7, 11) is -0.470. The van der Waals surface area contributed by atoms with Gasteiger partial charge in [0.1, 0.15) is 11.3 Å². The molecule has 4 heterocycles. The number of carbonyl (C=O) groups excluding carboxylic acids is 1. The number of aromatic nitrogens is 4. The first-order valence-corrected chi connectivity index (χ1v) is 11.5. The van der Waals surface area contributed by atoms with E-state index in [0.717, 1.165) is 23.1 Å². The Labute approximate surface area is 188 Å². The summed E-state index contributed by atoms with van der Waals surface area (Å²) in [6.07, 6.45) is 4.85. The minimum atomic E-state index is -3.43. The van der Waals surface area contributed by atoms with E-state index in [-0.39, 0.29) is 41.5 Å². The van der Waals surface area contributed by atoms with Crippen LogP contribution in [0.15, 0.2) is 24.8 Å². The monoisotopic (exact) mass is 480 g/mol. The third kappa shape index (κ3) is 4.18. The Kier molecular flexibility index (Phi) is 5.88. The fraction of sp³-hybridized carbons (Fsp3) is 0.368. The van der Waals surface area contributed by atoms with E-state index in [1.807, 2.05) is 0 Å². The van der Waals surface area contributed by atoms with Crippen molar-refractivity contribution in [2.45, 2.75) is 18.1 Å². The molecule has 3 N–H and O–H groups in total. The number of amides is 1. The fourth-order valence-corrected chi connectivity index (χ4v) is 5.25. The van der Waals surface area contributed by atoms with Crippen LogP contribution < -0.4 is 16.0 Å². The number of nitrogens with two attached hydrogens (primary N) is 1. The molecule has 1 amide bonds. The predicted molar refractivity (Wildman–Crippen MR) is 117 cm³/mol. The first-order chi connectivity index (χ1) is 15.6. The standard InChI is InChI=1S/C19H22F2N8O3S/c1-27(2)33(31,32)12-3-5-28(6-4-12)16-13(21)8-23-9-14(16)25-19(30)15-17(22)26-29-10-11(20)7-24-18(15)29/h7-10,12H,3-6H2,1-2H3,(H2,22,26)(H,25,30). The molecule has 0 atom stereocenters. The summed E-state index contributed by atoms with van der Waals surface area (Å²) >= 11 is 0. The Bertz CT molecular complexity index is 1320. The number of hydrogen-bond donors (Lipinski definition) is 2. The number of nitrogens with one attached hydrogen (secondary N) is 1. The molecule has 0 bridgehead atoms. The van der Waals surface area contributed by atoms with E-state index in [1.165, 1.54) is 24.6 Å². The largest absolute Gasteiger partial charge is 0.381 e. The van der Waals surface area contributed by atoms with Crippen molar-refractivity contribution >= 4 is 38.8 Å². The van der Waals surface area contributed by atoms with Gasteiger partial charge in [0.05, 0.1) is 35.7 Å². The highest BCUT2D eigenvalue weighted by Crippen LogP contribution is 2.33. The highest BCUT2D eigenvalue weighted by Gasteiger charge is 2.33. The molecule has 3 aromatic heterocycles. The minimum Gasteiger partial charge on any atom is -0.381 e. The molecule has 11 nitrogen and oxygen atoms in total. The van der Waals surface area contributed by atoms with Crippen molar-refractivity contribution < 1.29 is 22.0 Å². The third-order valence-electron chi connectivity index (χ3n) is 5.50. The second-order valence-corrected chi connectivity index (χ2v) is 10.2. The van der Waals surface area contributed by atoms with Gasteiger partial charge in [-0.1, -0.05) is 0 Å². The van der Waals surface area contributed by atoms with Crippen molar-refractivity contribution in [1.29, 1.82) is 0 Å². The molecule has 0 saturated carbocycles. The topological polar surface area (TPSA) is 139 Å². The van der Waals surface area contributed by atoms with Gasteiger partial charge in [-0.25, -0.2) is 31.0 Å². The van der Waals surface area contributed by atoms with Gasteiger partial charge >= 0.3 is 0 Å². The summed E-state index contributed by atoms with van der Waals surface area (Å²) in [5, 5.41) is 5.89. The van der Waals surface area contributed by atoms with Crippen LogP contribution >= 0.6 is 0 Å². The number of anilines is 3. The average molecular weight is 481 g/mol. The van der Waals surface area contributed by atoms with Crippen LogP contribution in [0.5, 0.6) is 0 Å². The second-order valence-electron chi connectivity index (χ2n) is 7.79. The molecule has 0 radical (unpaired) electrons. The summed E-state index contributed by atoms with van der Waals surface area (Å²) < 4.78 is 55.3. The fourth-order valence-electron chi connectivity index (χ4n) is 3.85. The summed E-state index contributed by atoms with van der Waals surface area (Å²) in [4.78, 5) is 22.3. The van der Waals surface area contributed by atoms with Crippen LogP contribution in [0, 0.1) is 11.6 Å². The van der Waals surface area contributed by atoms with E-state index in [9.17, 15) is 22.0 Å². The van der Waals surface area contributed by atoms with Crippen LogP contribution in [0.1, 0.15) is 23.2 Å². The van der Waals surface area contributed by atoms with E-state index in [0.29, 0.717) is 12.8 Å². The number of hydrogen-bond acceptors (Lipinski definition) is 8. The van der Waals surface area contributed by atoms with Crippen molar-refractivity contribution in [3.63, 3.8) is 0 Å². The molecule has 14 heteroatoms. The maximum absolute atomic E-state index is 14.8. The van der Waals surface area contributed by atoms with Crippen molar-refractivity contribution in [2.24, 2.45) is 0 Å². The Morgan fingerprint density at radius 3 is 2.58 bits per heavy atom. The number of fused-ring (bicyclic) bond motifs is 1. The summed E-state index contributed by atoms with van der Waals surface area (Å²) in [6, 6.07) is 0. The third-order valence-corrected chi connectivity index (χ3v) is 7.84. The average Bonchev–Trinajstić information content (AvgIpc) is 3.08. The highest BCUT2D eigenvalue weighted by atomic mass is 32.2. The molecule has 0 aromatic carbocycles. The molecule has 1 saturated heterocycles. The Balaban J connectivity index is 1.60. The zero-order valence-corrected chi connectivity index (χ0v) is 18.7. The molecule has 3 aromatic rings. The number of carbonyl (C=O) groups is 1. The van der Waals surface area contributed by atoms with Gasteiger partial charge in [0, 0.05) is 27.2 Å². The Hall–Kier alpha value is -3.39. The first-order valence-electron chi connectivity index (χ1n) is 10.00. The van der Waals surface area contributed by atoms with E-state index in [2.05, 4.69) is 20.4 Å². The highest BCUT2D eigenvalue weighted by molar-refractivity contribution is 7.89. The van der Waals surface area contributed by atoms with Crippen LogP contribution in [-0.2, 0) is 10.0 Å². The van der Waals surface area contributed by atoms with E-state index < -0.39 is 32.8 Å². The van der Waals surface area contributed by atoms with Gasteiger partial charge in [0.25, 0.3) is 5.91 Å². The number of pyridine rings is 1. The first kappa shape index (κ1) is 22.8. The Morgan fingerprint density at radius 1 is 1.21 bits per heavy atom. The number of rotatable bonds is 5. The molecule has 1 fully saturated rings. The van der Waals surface area contributed by atoms with Gasteiger partial charge in [-0.2, -0.15) is 0 Å². The number of halogens is 2. The molecular formula is C19H22F2N8O3S. The smallest absolute Gasteiger partial charge is 0.263 e. The minimum absolute atomic E-state index is 0.0343. The normalized spacial score (nSPS) is 15.4.